The highest BCUT2D eigenvalue weighted by Crippen LogP contribution is 2.23. The Bertz CT molecular complexity index is 1180. The Morgan fingerprint density at radius 3 is 2.76 bits per heavy atom. The van der Waals surface area contributed by atoms with E-state index in [0.717, 1.165) is 17.2 Å². The molecule has 1 aliphatic rings. The maximum atomic E-state index is 13.9. The monoisotopic (exact) mass is 463 g/mol. The molecule has 1 fully saturated rings. The third-order valence-corrected chi connectivity index (χ3v) is 6.20. The topological polar surface area (TPSA) is 71.5 Å². The molecule has 1 N–H and O–H groups in total. The number of ether oxygens (including phenoxy) is 1. The second-order valence-corrected chi connectivity index (χ2v) is 9.35. The predicted molar refractivity (Wildman–Crippen MR) is 129 cm³/mol. The molecule has 0 spiro atoms. The molecule has 2 aromatic carbocycles. The largest absolute Gasteiger partial charge is 0.379 e. The molecule has 1 saturated heterocycles. The zero-order chi connectivity index (χ0) is 24.1. The predicted octanol–water partition coefficient (Wildman–Crippen LogP) is 3.53. The molecule has 0 unspecified atom stereocenters. The van der Waals surface area contributed by atoms with Crippen molar-refractivity contribution in [3.8, 4) is 0 Å². The van der Waals surface area contributed by atoms with Gasteiger partial charge in [0, 0.05) is 36.8 Å². The Balaban J connectivity index is 1.43. The van der Waals surface area contributed by atoms with Gasteiger partial charge in [0.2, 0.25) is 11.8 Å². The van der Waals surface area contributed by atoms with Crippen molar-refractivity contribution in [1.82, 2.24) is 15.2 Å². The molecular weight excluding hydrogens is 433 g/mol. The molecule has 0 bridgehead atoms. The van der Waals surface area contributed by atoms with Crippen LogP contribution in [0.1, 0.15) is 25.0 Å². The number of aromatic nitrogens is 1. The SMILES string of the molecule is CC(C)(NC(=O)Cc1ccccc1F)C(=O)N1CCOC[C@@H](Cc2cccc3ccncc23)C1. The molecule has 6 nitrogen and oxygen atoms in total. The van der Waals surface area contributed by atoms with Crippen LogP contribution in [0, 0.1) is 11.7 Å². The lowest BCUT2D eigenvalue weighted by molar-refractivity contribution is -0.140. The van der Waals surface area contributed by atoms with Crippen molar-refractivity contribution in [1.29, 1.82) is 0 Å². The Morgan fingerprint density at radius 1 is 1.15 bits per heavy atom. The Labute approximate surface area is 199 Å². The molecule has 178 valence electrons. The maximum absolute atomic E-state index is 13.9. The molecule has 7 heteroatoms. The van der Waals surface area contributed by atoms with Gasteiger partial charge < -0.3 is 15.0 Å². The minimum atomic E-state index is -1.12. The lowest BCUT2D eigenvalue weighted by atomic mass is 9.95. The molecule has 2 amide bonds. The van der Waals surface area contributed by atoms with Crippen LogP contribution in [0.4, 0.5) is 4.39 Å². The van der Waals surface area contributed by atoms with Crippen LogP contribution < -0.4 is 5.32 Å². The summed E-state index contributed by atoms with van der Waals surface area (Å²) in [6.07, 6.45) is 4.29. The van der Waals surface area contributed by atoms with Gasteiger partial charge in [0.15, 0.2) is 0 Å². The number of carbonyl (C=O) groups is 2. The number of fused-ring (bicyclic) bond motifs is 1. The fourth-order valence-corrected chi connectivity index (χ4v) is 4.51. The Hall–Kier alpha value is -3.32. The van der Waals surface area contributed by atoms with E-state index in [4.69, 9.17) is 4.74 Å². The minimum Gasteiger partial charge on any atom is -0.379 e. The highest BCUT2D eigenvalue weighted by atomic mass is 19.1. The number of hydrogen-bond donors (Lipinski definition) is 1. The number of hydrogen-bond acceptors (Lipinski definition) is 4. The lowest BCUT2D eigenvalue weighted by Gasteiger charge is -2.33. The molecule has 2 heterocycles. The van der Waals surface area contributed by atoms with E-state index in [9.17, 15) is 14.0 Å². The van der Waals surface area contributed by atoms with Gasteiger partial charge in [0.25, 0.3) is 0 Å². The van der Waals surface area contributed by atoms with Crippen molar-refractivity contribution in [3.05, 3.63) is 77.9 Å². The molecule has 1 aliphatic heterocycles. The van der Waals surface area contributed by atoms with E-state index in [-0.39, 0.29) is 18.2 Å². The Morgan fingerprint density at radius 2 is 1.94 bits per heavy atom. The van der Waals surface area contributed by atoms with Crippen molar-refractivity contribution < 1.29 is 18.7 Å². The number of benzene rings is 2. The third kappa shape index (κ3) is 5.59. The van der Waals surface area contributed by atoms with E-state index in [1.807, 2.05) is 18.3 Å². The van der Waals surface area contributed by atoms with Crippen LogP contribution in [0.25, 0.3) is 10.8 Å². The fraction of sp³-hybridized carbons (Fsp3) is 0.370. The van der Waals surface area contributed by atoms with Crippen LogP contribution in [0.2, 0.25) is 0 Å². The first-order valence-electron chi connectivity index (χ1n) is 11.6. The zero-order valence-electron chi connectivity index (χ0n) is 19.6. The summed E-state index contributed by atoms with van der Waals surface area (Å²) in [7, 11) is 0. The number of carbonyl (C=O) groups excluding carboxylic acids is 2. The lowest BCUT2D eigenvalue weighted by Crippen LogP contribution is -2.57. The molecule has 0 radical (unpaired) electrons. The fourth-order valence-electron chi connectivity index (χ4n) is 4.51. The van der Waals surface area contributed by atoms with Crippen LogP contribution in [0.5, 0.6) is 0 Å². The summed E-state index contributed by atoms with van der Waals surface area (Å²) >= 11 is 0. The molecule has 4 rings (SSSR count). The van der Waals surface area contributed by atoms with Gasteiger partial charge in [-0.1, -0.05) is 36.4 Å². The van der Waals surface area contributed by atoms with Crippen molar-refractivity contribution in [2.24, 2.45) is 5.92 Å². The number of nitrogens with zero attached hydrogens (tertiary/aromatic N) is 2. The molecule has 0 saturated carbocycles. The number of pyridine rings is 1. The summed E-state index contributed by atoms with van der Waals surface area (Å²) < 4.78 is 19.7. The first-order chi connectivity index (χ1) is 16.3. The summed E-state index contributed by atoms with van der Waals surface area (Å²) in [5.41, 5.74) is 0.350. The maximum Gasteiger partial charge on any atom is 0.247 e. The van der Waals surface area contributed by atoms with Crippen LogP contribution in [-0.4, -0.2) is 53.5 Å². The molecule has 1 aromatic heterocycles. The quantitative estimate of drug-likeness (QED) is 0.607. The van der Waals surface area contributed by atoms with Crippen molar-refractivity contribution in [2.75, 3.05) is 26.3 Å². The first kappa shape index (κ1) is 23.8. The first-order valence-corrected chi connectivity index (χ1v) is 11.6. The molecular formula is C27H30FN3O3. The van der Waals surface area contributed by atoms with Crippen LogP contribution in [-0.2, 0) is 27.2 Å². The number of nitrogens with one attached hydrogen (secondary N) is 1. The van der Waals surface area contributed by atoms with Crippen LogP contribution in [0.3, 0.4) is 0 Å². The average molecular weight is 464 g/mol. The van der Waals surface area contributed by atoms with E-state index in [0.29, 0.717) is 31.9 Å². The Kier molecular flexibility index (Phi) is 7.22. The van der Waals surface area contributed by atoms with Crippen molar-refractivity contribution in [2.45, 2.75) is 32.2 Å². The normalized spacial score (nSPS) is 16.8. The van der Waals surface area contributed by atoms with Gasteiger partial charge in [0.05, 0.1) is 19.6 Å². The highest BCUT2D eigenvalue weighted by Gasteiger charge is 2.35. The van der Waals surface area contributed by atoms with E-state index in [1.165, 1.54) is 11.6 Å². The number of halogens is 1. The van der Waals surface area contributed by atoms with E-state index >= 15 is 0 Å². The average Bonchev–Trinajstić information content (AvgIpc) is 3.05. The van der Waals surface area contributed by atoms with Gasteiger partial charge in [-0.2, -0.15) is 0 Å². The summed E-state index contributed by atoms with van der Waals surface area (Å²) in [6.45, 7) is 5.36. The van der Waals surface area contributed by atoms with Crippen molar-refractivity contribution >= 4 is 22.6 Å². The van der Waals surface area contributed by atoms with Crippen LogP contribution >= 0.6 is 0 Å². The third-order valence-electron chi connectivity index (χ3n) is 6.20. The number of rotatable bonds is 6. The second-order valence-electron chi connectivity index (χ2n) is 9.35. The van der Waals surface area contributed by atoms with Gasteiger partial charge in [-0.15, -0.1) is 0 Å². The van der Waals surface area contributed by atoms with Gasteiger partial charge in [-0.3, -0.25) is 14.6 Å². The van der Waals surface area contributed by atoms with E-state index < -0.39 is 17.3 Å². The van der Waals surface area contributed by atoms with Crippen molar-refractivity contribution in [3.63, 3.8) is 0 Å². The molecule has 1 atom stereocenters. The number of amides is 2. The standard InChI is InChI=1S/C27H30FN3O3/c1-27(2,30-25(32)15-22-6-3-4-9-24(22)28)26(33)31-12-13-34-18-19(17-31)14-21-8-5-7-20-10-11-29-16-23(20)21/h3-11,16,19H,12-15,17-18H2,1-2H3,(H,30,32)/t19-/m0/s1. The smallest absolute Gasteiger partial charge is 0.247 e. The van der Waals surface area contributed by atoms with Gasteiger partial charge in [0.1, 0.15) is 11.4 Å². The van der Waals surface area contributed by atoms with E-state index in [2.05, 4.69) is 22.4 Å². The summed E-state index contributed by atoms with van der Waals surface area (Å²) in [6, 6.07) is 14.3. The van der Waals surface area contributed by atoms with E-state index in [1.54, 1.807) is 43.1 Å². The van der Waals surface area contributed by atoms with Gasteiger partial charge >= 0.3 is 0 Å². The molecule has 0 aliphatic carbocycles. The highest BCUT2D eigenvalue weighted by molar-refractivity contribution is 5.91. The molecule has 34 heavy (non-hydrogen) atoms. The van der Waals surface area contributed by atoms with Gasteiger partial charge in [-0.25, -0.2) is 4.39 Å². The van der Waals surface area contributed by atoms with Crippen LogP contribution in [0.15, 0.2) is 60.9 Å². The summed E-state index contributed by atoms with van der Waals surface area (Å²) in [5, 5.41) is 5.03. The van der Waals surface area contributed by atoms with Gasteiger partial charge in [-0.05, 0) is 48.9 Å². The molecule has 3 aromatic rings. The summed E-state index contributed by atoms with van der Waals surface area (Å²) in [5.74, 6) is -0.890. The summed E-state index contributed by atoms with van der Waals surface area (Å²) in [4.78, 5) is 32.0. The second kappa shape index (κ2) is 10.3. The minimum absolute atomic E-state index is 0.113. The zero-order valence-corrected chi connectivity index (χ0v) is 19.6.